The lowest BCUT2D eigenvalue weighted by molar-refractivity contribution is -0.383. The van der Waals surface area contributed by atoms with E-state index in [1.54, 1.807) is 11.6 Å². The van der Waals surface area contributed by atoms with Crippen LogP contribution in [0, 0.1) is 32.8 Å². The Bertz CT molecular complexity index is 732. The van der Waals surface area contributed by atoms with Gasteiger partial charge in [-0.1, -0.05) is 0 Å². The van der Waals surface area contributed by atoms with Crippen molar-refractivity contribution in [1.29, 1.82) is 10.5 Å². The number of thiazole rings is 1. The minimum atomic E-state index is -0.660. The molecule has 2 aromatic rings. The van der Waals surface area contributed by atoms with Gasteiger partial charge in [0.05, 0.1) is 17.1 Å². The molecule has 0 atom stereocenters. The van der Waals surface area contributed by atoms with Gasteiger partial charge in [-0.25, -0.2) is 15.0 Å². The third-order valence-electron chi connectivity index (χ3n) is 2.47. The minimum absolute atomic E-state index is 0.0502. The van der Waals surface area contributed by atoms with E-state index in [1.807, 2.05) is 12.1 Å². The maximum Gasteiger partial charge on any atom is 0.353 e. The number of rotatable bonds is 6. The molecular weight excluding hydrogens is 308 g/mol. The van der Waals surface area contributed by atoms with E-state index in [0.29, 0.717) is 5.13 Å². The van der Waals surface area contributed by atoms with E-state index in [4.69, 9.17) is 10.5 Å². The summed E-state index contributed by atoms with van der Waals surface area (Å²) < 4.78 is 0. The van der Waals surface area contributed by atoms with Gasteiger partial charge in [0.25, 0.3) is 0 Å². The summed E-state index contributed by atoms with van der Waals surface area (Å²) in [6.07, 6.45) is 2.67. The van der Waals surface area contributed by atoms with Crippen LogP contribution in [0.2, 0.25) is 0 Å². The number of anilines is 3. The zero-order valence-electron chi connectivity index (χ0n) is 11.0. The topological polar surface area (TPSA) is 145 Å². The van der Waals surface area contributed by atoms with Crippen LogP contribution in [0.25, 0.3) is 0 Å². The molecule has 10 nitrogen and oxygen atoms in total. The van der Waals surface area contributed by atoms with Gasteiger partial charge in [-0.3, -0.25) is 10.1 Å². The van der Waals surface area contributed by atoms with Crippen molar-refractivity contribution >= 4 is 33.8 Å². The van der Waals surface area contributed by atoms with E-state index in [-0.39, 0.29) is 24.7 Å². The Morgan fingerprint density at radius 3 is 2.59 bits per heavy atom. The number of nitriles is 2. The fourth-order valence-electron chi connectivity index (χ4n) is 1.62. The molecule has 0 saturated heterocycles. The lowest BCUT2D eigenvalue weighted by atomic mass is 10.3. The maximum absolute atomic E-state index is 11.4. The van der Waals surface area contributed by atoms with Crippen molar-refractivity contribution in [2.24, 2.45) is 0 Å². The van der Waals surface area contributed by atoms with Crippen LogP contribution in [0.5, 0.6) is 0 Å². The molecule has 0 fully saturated rings. The summed E-state index contributed by atoms with van der Waals surface area (Å²) >= 11 is 1.25. The van der Waals surface area contributed by atoms with Gasteiger partial charge in [0.15, 0.2) is 5.13 Å². The van der Waals surface area contributed by atoms with E-state index in [9.17, 15) is 10.1 Å². The van der Waals surface area contributed by atoms with Crippen molar-refractivity contribution in [2.75, 3.05) is 23.3 Å². The molecule has 0 spiro atoms. The summed E-state index contributed by atoms with van der Waals surface area (Å²) in [7, 11) is 0. The maximum atomic E-state index is 11.4. The lowest BCUT2D eigenvalue weighted by Crippen LogP contribution is -2.26. The highest BCUT2D eigenvalue weighted by Gasteiger charge is 2.27. The predicted octanol–water partition coefficient (Wildman–Crippen LogP) is 1.44. The molecule has 0 aliphatic carbocycles. The van der Waals surface area contributed by atoms with Crippen molar-refractivity contribution in [3.63, 3.8) is 0 Å². The number of nitro groups is 1. The first-order valence-electron chi connectivity index (χ1n) is 5.82. The van der Waals surface area contributed by atoms with Crippen LogP contribution < -0.4 is 10.2 Å². The number of hydrogen-bond donors (Lipinski definition) is 1. The fourth-order valence-corrected chi connectivity index (χ4v) is 2.15. The molecule has 110 valence electrons. The molecule has 0 unspecified atom stereocenters. The largest absolute Gasteiger partial charge is 0.353 e. The third-order valence-corrected chi connectivity index (χ3v) is 3.15. The molecule has 22 heavy (non-hydrogen) atoms. The smallest absolute Gasteiger partial charge is 0.324 e. The first-order valence-corrected chi connectivity index (χ1v) is 6.70. The van der Waals surface area contributed by atoms with Crippen molar-refractivity contribution in [1.82, 2.24) is 15.0 Å². The molecule has 0 radical (unpaired) electrons. The average Bonchev–Trinajstić information content (AvgIpc) is 2.99. The standard InChI is InChI=1S/C11H8N8O2S/c12-1-4-18(5-2-13)10-8(19(20)21)9(15-7-16-10)17-11-14-3-6-22-11/h3,6-7H,4-5H2,(H,14,15,16,17). The molecule has 2 heterocycles. The van der Waals surface area contributed by atoms with Crippen LogP contribution in [0.4, 0.5) is 22.5 Å². The van der Waals surface area contributed by atoms with Crippen molar-refractivity contribution < 1.29 is 4.92 Å². The van der Waals surface area contributed by atoms with Crippen LogP contribution >= 0.6 is 11.3 Å². The number of nitrogens with zero attached hydrogens (tertiary/aromatic N) is 7. The Balaban J connectivity index is 2.48. The van der Waals surface area contributed by atoms with E-state index < -0.39 is 10.6 Å². The first kappa shape index (κ1) is 15.1. The Labute approximate surface area is 128 Å². The van der Waals surface area contributed by atoms with Crippen LogP contribution in [-0.2, 0) is 0 Å². The van der Waals surface area contributed by atoms with Crippen LogP contribution in [0.3, 0.4) is 0 Å². The Morgan fingerprint density at radius 2 is 2.05 bits per heavy atom. The summed E-state index contributed by atoms with van der Waals surface area (Å²) in [5.74, 6) is -0.145. The summed E-state index contributed by atoms with van der Waals surface area (Å²) in [4.78, 5) is 23.6. The second kappa shape index (κ2) is 6.92. The fraction of sp³-hybridized carbons (Fsp3) is 0.182. The average molecular weight is 316 g/mol. The highest BCUT2D eigenvalue weighted by Crippen LogP contribution is 2.33. The zero-order chi connectivity index (χ0) is 15.9. The van der Waals surface area contributed by atoms with Gasteiger partial charge >= 0.3 is 5.69 Å². The van der Waals surface area contributed by atoms with E-state index in [1.165, 1.54) is 16.2 Å². The van der Waals surface area contributed by atoms with E-state index >= 15 is 0 Å². The van der Waals surface area contributed by atoms with Gasteiger partial charge in [0.1, 0.15) is 19.4 Å². The molecule has 2 rings (SSSR count). The third kappa shape index (κ3) is 3.23. The van der Waals surface area contributed by atoms with Crippen molar-refractivity contribution in [3.8, 4) is 12.1 Å². The zero-order valence-corrected chi connectivity index (χ0v) is 11.8. The van der Waals surface area contributed by atoms with Gasteiger partial charge in [0.2, 0.25) is 11.6 Å². The molecule has 0 amide bonds. The highest BCUT2D eigenvalue weighted by molar-refractivity contribution is 7.13. The van der Waals surface area contributed by atoms with Gasteiger partial charge in [-0.15, -0.1) is 11.3 Å². The molecule has 0 bridgehead atoms. The van der Waals surface area contributed by atoms with Crippen molar-refractivity contribution in [2.45, 2.75) is 0 Å². The Morgan fingerprint density at radius 1 is 1.32 bits per heavy atom. The summed E-state index contributed by atoms with van der Waals surface area (Å²) in [6, 6.07) is 3.69. The second-order valence-electron chi connectivity index (χ2n) is 3.79. The van der Waals surface area contributed by atoms with E-state index in [2.05, 4.69) is 20.3 Å². The lowest BCUT2D eigenvalue weighted by Gasteiger charge is -2.17. The molecule has 1 N–H and O–H groups in total. The van der Waals surface area contributed by atoms with Crippen LogP contribution in [0.15, 0.2) is 17.9 Å². The molecule has 2 aromatic heterocycles. The molecular formula is C11H8N8O2S. The first-order chi connectivity index (χ1) is 10.7. The molecule has 11 heteroatoms. The van der Waals surface area contributed by atoms with Crippen LogP contribution in [0.1, 0.15) is 0 Å². The van der Waals surface area contributed by atoms with Gasteiger partial charge in [-0.05, 0) is 0 Å². The summed E-state index contributed by atoms with van der Waals surface area (Å²) in [6.45, 7) is -0.412. The van der Waals surface area contributed by atoms with Gasteiger partial charge < -0.3 is 10.2 Å². The molecule has 0 aliphatic heterocycles. The molecule has 0 aromatic carbocycles. The normalized spacial score (nSPS) is 9.55. The Hall–Kier alpha value is -3.31. The number of nitrogens with one attached hydrogen (secondary N) is 1. The molecule has 0 aliphatic rings. The van der Waals surface area contributed by atoms with Crippen molar-refractivity contribution in [3.05, 3.63) is 28.0 Å². The SMILES string of the molecule is N#CCN(CC#N)c1ncnc(Nc2nccs2)c1[N+](=O)[O-]. The number of hydrogen-bond acceptors (Lipinski definition) is 10. The summed E-state index contributed by atoms with van der Waals surface area (Å²) in [5.41, 5.74) is -0.414. The van der Waals surface area contributed by atoms with Gasteiger partial charge in [-0.2, -0.15) is 10.5 Å². The van der Waals surface area contributed by atoms with E-state index in [0.717, 1.165) is 6.33 Å². The summed E-state index contributed by atoms with van der Waals surface area (Å²) in [5, 5.41) is 33.8. The quantitative estimate of drug-likeness (QED) is 0.475. The van der Waals surface area contributed by atoms with Crippen LogP contribution in [-0.4, -0.2) is 33.0 Å². The minimum Gasteiger partial charge on any atom is -0.324 e. The Kier molecular flexibility index (Phi) is 4.74. The van der Waals surface area contributed by atoms with Gasteiger partial charge in [0, 0.05) is 11.6 Å². The second-order valence-corrected chi connectivity index (χ2v) is 4.68. The highest BCUT2D eigenvalue weighted by atomic mass is 32.1. The monoisotopic (exact) mass is 316 g/mol. The number of aromatic nitrogens is 3. The molecule has 0 saturated carbocycles. The predicted molar refractivity (Wildman–Crippen MR) is 77.5 cm³/mol.